The molecule has 3 unspecified atom stereocenters. The summed E-state index contributed by atoms with van der Waals surface area (Å²) in [6.45, 7) is 0.309. The second-order valence-electron chi connectivity index (χ2n) is 5.21. The van der Waals surface area contributed by atoms with Crippen molar-refractivity contribution in [2.75, 3.05) is 13.7 Å². The molecule has 1 N–H and O–H groups in total. The van der Waals surface area contributed by atoms with E-state index in [-0.39, 0.29) is 5.41 Å². The van der Waals surface area contributed by atoms with Crippen LogP contribution in [0.4, 0.5) is 0 Å². The van der Waals surface area contributed by atoms with E-state index in [2.05, 4.69) is 0 Å². The first-order valence-corrected chi connectivity index (χ1v) is 5.78. The van der Waals surface area contributed by atoms with Crippen molar-refractivity contribution in [3.8, 4) is 0 Å². The van der Waals surface area contributed by atoms with E-state index >= 15 is 0 Å². The maximum atomic E-state index is 9.69. The van der Waals surface area contributed by atoms with Crippen molar-refractivity contribution < 1.29 is 9.94 Å². The Morgan fingerprint density at radius 2 is 2.21 bits per heavy atom. The number of fused-ring (bicyclic) bond motifs is 1. The second-order valence-corrected chi connectivity index (χ2v) is 5.21. The summed E-state index contributed by atoms with van der Waals surface area (Å²) in [5.41, 5.74) is 0.0793. The van der Waals surface area contributed by atoms with E-state index in [1.807, 2.05) is 12.1 Å². The van der Waals surface area contributed by atoms with Crippen LogP contribution in [0, 0.1) is 11.3 Å². The third-order valence-corrected chi connectivity index (χ3v) is 4.39. The fourth-order valence-corrected chi connectivity index (χ4v) is 3.64. The molecule has 3 atom stereocenters. The van der Waals surface area contributed by atoms with Crippen LogP contribution < -0.4 is 0 Å². The number of aliphatic hydroxyl groups is 1. The summed E-state index contributed by atoms with van der Waals surface area (Å²) in [5.74, 6) is 0.787. The standard InChI is InChI=1S/C11H19NO2/c1-12-10(8-4-5-8)11(7-13)6-2-3-9(11)14-12/h8-10,13H,2-7H2,1H3. The smallest absolute Gasteiger partial charge is 0.0887 e. The van der Waals surface area contributed by atoms with Crippen LogP contribution in [0.25, 0.3) is 0 Å². The van der Waals surface area contributed by atoms with E-state index in [1.165, 1.54) is 19.3 Å². The van der Waals surface area contributed by atoms with Crippen LogP contribution in [0.3, 0.4) is 0 Å². The number of aliphatic hydroxyl groups excluding tert-OH is 1. The maximum absolute atomic E-state index is 9.69. The van der Waals surface area contributed by atoms with Gasteiger partial charge in [0, 0.05) is 18.5 Å². The summed E-state index contributed by atoms with van der Waals surface area (Å²) in [6.07, 6.45) is 6.46. The molecule has 0 radical (unpaired) electrons. The van der Waals surface area contributed by atoms with Gasteiger partial charge in [-0.2, -0.15) is 5.06 Å². The van der Waals surface area contributed by atoms with Gasteiger partial charge in [-0.25, -0.2) is 0 Å². The lowest BCUT2D eigenvalue weighted by molar-refractivity contribution is -0.146. The molecule has 0 aromatic rings. The van der Waals surface area contributed by atoms with E-state index in [4.69, 9.17) is 4.84 Å². The Kier molecular flexibility index (Phi) is 1.92. The molecular weight excluding hydrogens is 178 g/mol. The highest BCUT2D eigenvalue weighted by Gasteiger charge is 2.60. The molecule has 3 aliphatic rings. The zero-order chi connectivity index (χ0) is 9.76. The maximum Gasteiger partial charge on any atom is 0.0887 e. The summed E-state index contributed by atoms with van der Waals surface area (Å²) in [4.78, 5) is 5.87. The Labute approximate surface area is 85.0 Å². The van der Waals surface area contributed by atoms with Crippen molar-refractivity contribution in [2.24, 2.45) is 11.3 Å². The van der Waals surface area contributed by atoms with Gasteiger partial charge in [0.05, 0.1) is 12.7 Å². The number of hydroxylamine groups is 2. The molecule has 0 aromatic heterocycles. The summed E-state index contributed by atoms with van der Waals surface area (Å²) in [6, 6.07) is 0.486. The SMILES string of the molecule is CN1OC2CCCC2(CO)C1C1CC1. The van der Waals surface area contributed by atoms with E-state index in [0.29, 0.717) is 18.8 Å². The van der Waals surface area contributed by atoms with Gasteiger partial charge in [-0.05, 0) is 38.0 Å². The molecule has 0 aromatic carbocycles. The number of nitrogens with zero attached hydrogens (tertiary/aromatic N) is 1. The van der Waals surface area contributed by atoms with Crippen molar-refractivity contribution in [3.05, 3.63) is 0 Å². The molecule has 3 nitrogen and oxygen atoms in total. The Morgan fingerprint density at radius 3 is 2.86 bits per heavy atom. The van der Waals surface area contributed by atoms with Gasteiger partial charge in [0.2, 0.25) is 0 Å². The molecule has 80 valence electrons. The molecule has 0 bridgehead atoms. The fraction of sp³-hybridized carbons (Fsp3) is 1.00. The quantitative estimate of drug-likeness (QED) is 0.721. The molecule has 14 heavy (non-hydrogen) atoms. The fourth-order valence-electron chi connectivity index (χ4n) is 3.64. The van der Waals surface area contributed by atoms with E-state index in [9.17, 15) is 5.11 Å². The Morgan fingerprint density at radius 1 is 1.43 bits per heavy atom. The van der Waals surface area contributed by atoms with Gasteiger partial charge >= 0.3 is 0 Å². The van der Waals surface area contributed by atoms with Crippen LogP contribution >= 0.6 is 0 Å². The lowest BCUT2D eigenvalue weighted by Gasteiger charge is -2.32. The van der Waals surface area contributed by atoms with Gasteiger partial charge < -0.3 is 5.11 Å². The number of rotatable bonds is 2. The lowest BCUT2D eigenvalue weighted by atomic mass is 9.76. The first kappa shape index (κ1) is 9.13. The third kappa shape index (κ3) is 1.03. The minimum atomic E-state index is 0.0793. The van der Waals surface area contributed by atoms with Gasteiger partial charge in [-0.3, -0.25) is 4.84 Å². The topological polar surface area (TPSA) is 32.7 Å². The third-order valence-electron chi connectivity index (χ3n) is 4.39. The zero-order valence-corrected chi connectivity index (χ0v) is 8.78. The van der Waals surface area contributed by atoms with E-state index in [0.717, 1.165) is 18.8 Å². The van der Waals surface area contributed by atoms with Crippen molar-refractivity contribution in [3.63, 3.8) is 0 Å². The monoisotopic (exact) mass is 197 g/mol. The van der Waals surface area contributed by atoms with Gasteiger partial charge in [0.25, 0.3) is 0 Å². The molecule has 3 rings (SSSR count). The molecule has 1 aliphatic heterocycles. The summed E-state index contributed by atoms with van der Waals surface area (Å²) < 4.78 is 0. The molecule has 2 aliphatic carbocycles. The van der Waals surface area contributed by atoms with Crippen LogP contribution in [0.5, 0.6) is 0 Å². The Hall–Kier alpha value is -0.120. The van der Waals surface area contributed by atoms with Crippen molar-refractivity contribution in [1.29, 1.82) is 0 Å². The molecule has 3 heteroatoms. The second kappa shape index (κ2) is 2.94. The van der Waals surface area contributed by atoms with Gasteiger partial charge in [-0.1, -0.05) is 0 Å². The highest BCUT2D eigenvalue weighted by molar-refractivity contribution is 5.08. The summed E-state index contributed by atoms with van der Waals surface area (Å²) >= 11 is 0. The van der Waals surface area contributed by atoms with Crippen LogP contribution in [-0.4, -0.2) is 36.0 Å². The predicted molar refractivity (Wildman–Crippen MR) is 52.5 cm³/mol. The number of hydrogen-bond acceptors (Lipinski definition) is 3. The summed E-state index contributed by atoms with van der Waals surface area (Å²) in [7, 11) is 2.04. The van der Waals surface area contributed by atoms with Crippen molar-refractivity contribution >= 4 is 0 Å². The number of hydrogen-bond donors (Lipinski definition) is 1. The molecule has 1 heterocycles. The van der Waals surface area contributed by atoms with Crippen LogP contribution in [-0.2, 0) is 4.84 Å². The Bertz CT molecular complexity index is 241. The van der Waals surface area contributed by atoms with Gasteiger partial charge in [-0.15, -0.1) is 0 Å². The molecule has 3 fully saturated rings. The lowest BCUT2D eigenvalue weighted by Crippen LogP contribution is -2.43. The largest absolute Gasteiger partial charge is 0.396 e. The van der Waals surface area contributed by atoms with Crippen LogP contribution in [0.2, 0.25) is 0 Å². The van der Waals surface area contributed by atoms with E-state index < -0.39 is 0 Å². The summed E-state index contributed by atoms with van der Waals surface area (Å²) in [5, 5.41) is 11.7. The first-order valence-electron chi connectivity index (χ1n) is 5.78. The van der Waals surface area contributed by atoms with Crippen LogP contribution in [0.15, 0.2) is 0 Å². The predicted octanol–water partition coefficient (Wildman–Crippen LogP) is 1.17. The first-order chi connectivity index (χ1) is 6.78. The van der Waals surface area contributed by atoms with Crippen molar-refractivity contribution in [2.45, 2.75) is 44.2 Å². The van der Waals surface area contributed by atoms with E-state index in [1.54, 1.807) is 0 Å². The van der Waals surface area contributed by atoms with Crippen molar-refractivity contribution in [1.82, 2.24) is 5.06 Å². The van der Waals surface area contributed by atoms with Gasteiger partial charge in [0.1, 0.15) is 0 Å². The molecular formula is C11H19NO2. The van der Waals surface area contributed by atoms with Crippen LogP contribution in [0.1, 0.15) is 32.1 Å². The molecule has 0 amide bonds. The zero-order valence-electron chi connectivity index (χ0n) is 8.78. The highest BCUT2D eigenvalue weighted by atomic mass is 16.7. The van der Waals surface area contributed by atoms with Gasteiger partial charge in [0.15, 0.2) is 0 Å². The average Bonchev–Trinajstić information content (AvgIpc) is 2.83. The Balaban J connectivity index is 1.92. The minimum absolute atomic E-state index is 0.0793. The average molecular weight is 197 g/mol. The molecule has 2 saturated carbocycles. The molecule has 1 saturated heterocycles. The molecule has 0 spiro atoms. The normalized spacial score (nSPS) is 48.4. The highest BCUT2D eigenvalue weighted by Crippen LogP contribution is 2.55. The minimum Gasteiger partial charge on any atom is -0.396 e.